The van der Waals surface area contributed by atoms with E-state index in [1.165, 1.54) is 12.1 Å². The highest BCUT2D eigenvalue weighted by atomic mass is 19.1. The van der Waals surface area contributed by atoms with E-state index < -0.39 is 11.6 Å². The Kier molecular flexibility index (Phi) is 5.82. The van der Waals surface area contributed by atoms with E-state index in [1.54, 1.807) is 11.7 Å². The molecule has 1 N–H and O–H groups in total. The molecule has 1 unspecified atom stereocenters. The minimum atomic E-state index is -0.558. The molecule has 8 heteroatoms. The van der Waals surface area contributed by atoms with Gasteiger partial charge in [-0.15, -0.1) is 0 Å². The van der Waals surface area contributed by atoms with Crippen molar-refractivity contribution in [2.45, 2.75) is 12.5 Å². The van der Waals surface area contributed by atoms with Crippen LogP contribution in [0.4, 0.5) is 8.78 Å². The van der Waals surface area contributed by atoms with Gasteiger partial charge in [0.05, 0.1) is 19.3 Å². The summed E-state index contributed by atoms with van der Waals surface area (Å²) in [6, 6.07) is 3.57. The lowest BCUT2D eigenvalue weighted by Gasteiger charge is -2.34. The standard InChI is InChI=1S/C18H23F2N5O/c1-21-18(22-4-3-13-7-15(19)9-16(20)8-13)25-5-6-26-17(12-25)14-10-23-24(2)11-14/h7-11,17H,3-6,12H2,1-2H3,(H,21,22). The number of aromatic nitrogens is 2. The average Bonchev–Trinajstić information content (AvgIpc) is 3.04. The van der Waals surface area contributed by atoms with Crippen LogP contribution in [0.1, 0.15) is 17.2 Å². The molecule has 1 atom stereocenters. The van der Waals surface area contributed by atoms with Gasteiger partial charge in [-0.05, 0) is 24.1 Å². The Morgan fingerprint density at radius 1 is 1.35 bits per heavy atom. The van der Waals surface area contributed by atoms with Gasteiger partial charge in [-0.1, -0.05) is 0 Å². The summed E-state index contributed by atoms with van der Waals surface area (Å²) in [6.45, 7) is 2.52. The first-order valence-electron chi connectivity index (χ1n) is 8.56. The van der Waals surface area contributed by atoms with Gasteiger partial charge in [0.2, 0.25) is 0 Å². The van der Waals surface area contributed by atoms with Crippen LogP contribution in [0.2, 0.25) is 0 Å². The molecule has 1 aromatic heterocycles. The van der Waals surface area contributed by atoms with Gasteiger partial charge in [-0.3, -0.25) is 9.67 Å². The number of hydrogen-bond donors (Lipinski definition) is 1. The number of aryl methyl sites for hydroxylation is 1. The van der Waals surface area contributed by atoms with E-state index in [4.69, 9.17) is 4.74 Å². The van der Waals surface area contributed by atoms with Crippen molar-refractivity contribution in [2.75, 3.05) is 33.3 Å². The second-order valence-corrected chi connectivity index (χ2v) is 6.25. The van der Waals surface area contributed by atoms with Gasteiger partial charge in [0.15, 0.2) is 5.96 Å². The molecule has 0 aliphatic carbocycles. The monoisotopic (exact) mass is 363 g/mol. The summed E-state index contributed by atoms with van der Waals surface area (Å²) in [5, 5.41) is 7.45. The fourth-order valence-electron chi connectivity index (χ4n) is 3.06. The number of nitrogens with one attached hydrogen (secondary N) is 1. The summed E-state index contributed by atoms with van der Waals surface area (Å²) in [7, 11) is 3.60. The quantitative estimate of drug-likeness (QED) is 0.666. The highest BCUT2D eigenvalue weighted by molar-refractivity contribution is 5.80. The Morgan fingerprint density at radius 2 is 2.12 bits per heavy atom. The SMILES string of the molecule is CN=C(NCCc1cc(F)cc(F)c1)N1CCOC(c2cnn(C)c2)C1. The first kappa shape index (κ1) is 18.3. The zero-order valence-electron chi connectivity index (χ0n) is 15.0. The third-order valence-electron chi connectivity index (χ3n) is 4.29. The van der Waals surface area contributed by atoms with Crippen molar-refractivity contribution >= 4 is 5.96 Å². The number of halogens is 2. The number of rotatable bonds is 4. The fraction of sp³-hybridized carbons (Fsp3) is 0.444. The molecular formula is C18H23F2N5O. The molecule has 0 radical (unpaired) electrons. The van der Waals surface area contributed by atoms with Gasteiger partial charge < -0.3 is 15.0 Å². The molecule has 0 amide bonds. The minimum Gasteiger partial charge on any atom is -0.370 e. The van der Waals surface area contributed by atoms with Crippen LogP contribution in [0, 0.1) is 11.6 Å². The van der Waals surface area contributed by atoms with Crippen molar-refractivity contribution < 1.29 is 13.5 Å². The van der Waals surface area contributed by atoms with Crippen LogP contribution in [0.15, 0.2) is 35.6 Å². The molecule has 3 rings (SSSR count). The van der Waals surface area contributed by atoms with Gasteiger partial charge in [0, 0.05) is 45.0 Å². The van der Waals surface area contributed by atoms with Crippen LogP contribution in [-0.4, -0.2) is 53.9 Å². The molecule has 1 saturated heterocycles. The van der Waals surface area contributed by atoms with E-state index >= 15 is 0 Å². The summed E-state index contributed by atoms with van der Waals surface area (Å²) in [5.41, 5.74) is 1.64. The highest BCUT2D eigenvalue weighted by Crippen LogP contribution is 2.21. The third-order valence-corrected chi connectivity index (χ3v) is 4.29. The molecule has 1 aliphatic rings. The van der Waals surface area contributed by atoms with E-state index in [2.05, 4.69) is 20.3 Å². The Balaban J connectivity index is 1.56. The average molecular weight is 363 g/mol. The smallest absolute Gasteiger partial charge is 0.193 e. The normalized spacial score (nSPS) is 18.2. The lowest BCUT2D eigenvalue weighted by molar-refractivity contribution is -0.00800. The molecule has 0 saturated carbocycles. The maximum atomic E-state index is 13.3. The summed E-state index contributed by atoms with van der Waals surface area (Å²) < 4.78 is 34.1. The van der Waals surface area contributed by atoms with Gasteiger partial charge in [-0.25, -0.2) is 8.78 Å². The molecule has 6 nitrogen and oxygen atoms in total. The summed E-state index contributed by atoms with van der Waals surface area (Å²) >= 11 is 0. The van der Waals surface area contributed by atoms with Crippen molar-refractivity contribution in [3.05, 3.63) is 53.4 Å². The van der Waals surface area contributed by atoms with Gasteiger partial charge in [0.25, 0.3) is 0 Å². The maximum absolute atomic E-state index is 13.3. The number of morpholine rings is 1. The van der Waals surface area contributed by atoms with Crippen molar-refractivity contribution in [3.8, 4) is 0 Å². The topological polar surface area (TPSA) is 54.7 Å². The van der Waals surface area contributed by atoms with Crippen LogP contribution < -0.4 is 5.32 Å². The fourth-order valence-corrected chi connectivity index (χ4v) is 3.06. The van der Waals surface area contributed by atoms with E-state index in [-0.39, 0.29) is 6.10 Å². The second kappa shape index (κ2) is 8.27. The molecule has 1 aliphatic heterocycles. The molecule has 140 valence electrons. The van der Waals surface area contributed by atoms with E-state index in [9.17, 15) is 8.78 Å². The largest absolute Gasteiger partial charge is 0.370 e. The number of nitrogens with zero attached hydrogens (tertiary/aromatic N) is 4. The van der Waals surface area contributed by atoms with Crippen LogP contribution in [0.5, 0.6) is 0 Å². The molecule has 2 heterocycles. The van der Waals surface area contributed by atoms with E-state index in [0.717, 1.165) is 24.1 Å². The molecular weight excluding hydrogens is 340 g/mol. The summed E-state index contributed by atoms with van der Waals surface area (Å²) in [4.78, 5) is 6.44. The molecule has 1 fully saturated rings. The van der Waals surface area contributed by atoms with Crippen LogP contribution >= 0.6 is 0 Å². The number of hydrogen-bond acceptors (Lipinski definition) is 3. The Hall–Kier alpha value is -2.48. The Morgan fingerprint density at radius 3 is 2.77 bits per heavy atom. The first-order valence-corrected chi connectivity index (χ1v) is 8.56. The lowest BCUT2D eigenvalue weighted by Crippen LogP contribution is -2.48. The molecule has 2 aromatic rings. The third kappa shape index (κ3) is 4.57. The number of ether oxygens (including phenoxy) is 1. The highest BCUT2D eigenvalue weighted by Gasteiger charge is 2.25. The maximum Gasteiger partial charge on any atom is 0.193 e. The van der Waals surface area contributed by atoms with Crippen LogP contribution in [0.3, 0.4) is 0 Å². The lowest BCUT2D eigenvalue weighted by atomic mass is 10.1. The number of aliphatic imine (C=N–C) groups is 1. The molecule has 26 heavy (non-hydrogen) atoms. The van der Waals surface area contributed by atoms with Crippen LogP contribution in [-0.2, 0) is 18.2 Å². The second-order valence-electron chi connectivity index (χ2n) is 6.25. The van der Waals surface area contributed by atoms with Gasteiger partial charge >= 0.3 is 0 Å². The van der Waals surface area contributed by atoms with Gasteiger partial charge in [-0.2, -0.15) is 5.10 Å². The van der Waals surface area contributed by atoms with E-state index in [0.29, 0.717) is 31.7 Å². The summed E-state index contributed by atoms with van der Waals surface area (Å²) in [6.07, 6.45) is 4.20. The predicted molar refractivity (Wildman–Crippen MR) is 94.9 cm³/mol. The number of guanidine groups is 1. The number of benzene rings is 1. The van der Waals surface area contributed by atoms with Gasteiger partial charge in [0.1, 0.15) is 17.7 Å². The zero-order chi connectivity index (χ0) is 18.5. The van der Waals surface area contributed by atoms with Crippen molar-refractivity contribution in [1.29, 1.82) is 0 Å². The van der Waals surface area contributed by atoms with Crippen molar-refractivity contribution in [1.82, 2.24) is 20.0 Å². The molecule has 1 aromatic carbocycles. The zero-order valence-corrected chi connectivity index (χ0v) is 15.0. The Labute approximate surface area is 151 Å². The first-order chi connectivity index (χ1) is 12.5. The van der Waals surface area contributed by atoms with Crippen molar-refractivity contribution in [2.24, 2.45) is 12.0 Å². The molecule has 0 bridgehead atoms. The predicted octanol–water partition coefficient (Wildman–Crippen LogP) is 1.89. The van der Waals surface area contributed by atoms with E-state index in [1.807, 2.05) is 19.4 Å². The van der Waals surface area contributed by atoms with Crippen molar-refractivity contribution in [3.63, 3.8) is 0 Å². The minimum absolute atomic E-state index is 0.0617. The Bertz CT molecular complexity index is 756. The van der Waals surface area contributed by atoms with Crippen LogP contribution in [0.25, 0.3) is 0 Å². The summed E-state index contributed by atoms with van der Waals surface area (Å²) in [5.74, 6) is -0.368. The molecule has 0 spiro atoms.